The van der Waals surface area contributed by atoms with Crippen molar-refractivity contribution in [3.63, 3.8) is 0 Å². The molecule has 9 rings (SSSR count). The fourth-order valence-corrected chi connectivity index (χ4v) is 8.05. The summed E-state index contributed by atoms with van der Waals surface area (Å²) in [6.07, 6.45) is 5.83. The highest BCUT2D eigenvalue weighted by molar-refractivity contribution is 7.99. The molecule has 223 valence electrons. The Bertz CT molecular complexity index is 1420. The number of rotatable bonds is 6. The van der Waals surface area contributed by atoms with Crippen molar-refractivity contribution < 1.29 is 56.8 Å². The van der Waals surface area contributed by atoms with Crippen molar-refractivity contribution in [2.75, 3.05) is 59.5 Å². The Kier molecular flexibility index (Phi) is 5.79. The monoisotopic (exact) mass is 645 g/mol. The summed E-state index contributed by atoms with van der Waals surface area (Å²) in [5.74, 6) is 6.56. The van der Waals surface area contributed by atoms with Crippen LogP contribution in [0, 0.1) is 5.92 Å². The standard InChI is InChI=1S/C28H21O12S3/c1-41-26-20-14(29-4-35-20)11(15-21(26)36-5-30-15)10(12-16-22(37-6-31-16)27(42-2)23-17(12)32-7-38-23)13-18-24(39-8-33-18)28(43-3)25-19(13)34-9-40-25/h4-9H2,1-3H3. The number of thioether (sulfide) groups is 3. The number of hydrogen-bond donors (Lipinski definition) is 0. The van der Waals surface area contributed by atoms with Gasteiger partial charge in [0.25, 0.3) is 0 Å². The second kappa shape index (κ2) is 9.66. The molecule has 12 nitrogen and oxygen atoms in total. The van der Waals surface area contributed by atoms with Crippen LogP contribution >= 0.6 is 35.3 Å². The summed E-state index contributed by atoms with van der Waals surface area (Å²) in [7, 11) is 0. The number of hydrogen-bond acceptors (Lipinski definition) is 15. The number of ether oxygens (including phenoxy) is 12. The van der Waals surface area contributed by atoms with Crippen molar-refractivity contribution in [3.05, 3.63) is 22.6 Å². The zero-order chi connectivity index (χ0) is 28.8. The van der Waals surface area contributed by atoms with E-state index in [2.05, 4.69) is 0 Å². The minimum absolute atomic E-state index is 0.00770. The molecule has 0 aromatic heterocycles. The summed E-state index contributed by atoms with van der Waals surface area (Å²) in [6.45, 7) is 0.0462. The number of benzene rings is 3. The molecule has 0 amide bonds. The molecule has 1 radical (unpaired) electrons. The van der Waals surface area contributed by atoms with Crippen LogP contribution in [-0.4, -0.2) is 59.5 Å². The average Bonchev–Trinajstić information content (AvgIpc) is 3.87. The zero-order valence-electron chi connectivity index (χ0n) is 22.9. The molecule has 0 saturated heterocycles. The molecule has 6 heterocycles. The van der Waals surface area contributed by atoms with Crippen LogP contribution in [0.5, 0.6) is 69.0 Å². The van der Waals surface area contributed by atoms with E-state index in [4.69, 9.17) is 56.8 Å². The highest BCUT2D eigenvalue weighted by Gasteiger charge is 2.49. The van der Waals surface area contributed by atoms with Gasteiger partial charge in [-0.25, -0.2) is 0 Å². The first-order valence-corrected chi connectivity index (χ1v) is 16.7. The predicted molar refractivity (Wildman–Crippen MR) is 152 cm³/mol. The van der Waals surface area contributed by atoms with Crippen LogP contribution in [0.1, 0.15) is 16.7 Å². The van der Waals surface area contributed by atoms with Gasteiger partial charge in [0.15, 0.2) is 69.0 Å². The summed E-state index contributed by atoms with van der Waals surface area (Å²) >= 11 is 4.43. The molecule has 0 aliphatic carbocycles. The molecule has 3 aromatic rings. The van der Waals surface area contributed by atoms with Crippen LogP contribution in [-0.2, 0) is 0 Å². The summed E-state index contributed by atoms with van der Waals surface area (Å²) in [4.78, 5) is 2.30. The molecular formula is C28H21O12S3. The van der Waals surface area contributed by atoms with Gasteiger partial charge < -0.3 is 56.8 Å². The van der Waals surface area contributed by atoms with Gasteiger partial charge in [-0.15, -0.1) is 35.3 Å². The Morgan fingerprint density at radius 1 is 0.326 bits per heavy atom. The van der Waals surface area contributed by atoms with E-state index < -0.39 is 0 Å². The van der Waals surface area contributed by atoms with Gasteiger partial charge in [-0.3, -0.25) is 0 Å². The Balaban J connectivity index is 1.45. The van der Waals surface area contributed by atoms with Crippen molar-refractivity contribution >= 4 is 35.3 Å². The Morgan fingerprint density at radius 3 is 0.698 bits per heavy atom. The second-order valence-electron chi connectivity index (χ2n) is 9.49. The summed E-state index contributed by atoms with van der Waals surface area (Å²) in [6, 6.07) is 0. The third-order valence-corrected chi connectivity index (χ3v) is 9.98. The maximum absolute atomic E-state index is 6.20. The van der Waals surface area contributed by atoms with Gasteiger partial charge >= 0.3 is 0 Å². The van der Waals surface area contributed by atoms with Gasteiger partial charge in [0.2, 0.25) is 40.8 Å². The van der Waals surface area contributed by atoms with E-state index in [9.17, 15) is 0 Å². The van der Waals surface area contributed by atoms with E-state index in [1.165, 1.54) is 35.3 Å². The van der Waals surface area contributed by atoms with Gasteiger partial charge in [-0.2, -0.15) is 0 Å². The van der Waals surface area contributed by atoms with Crippen molar-refractivity contribution in [3.8, 4) is 69.0 Å². The Hall–Kier alpha value is -3.69. The van der Waals surface area contributed by atoms with E-state index in [1.807, 2.05) is 18.8 Å². The fraction of sp³-hybridized carbons (Fsp3) is 0.321. The predicted octanol–water partition coefficient (Wildman–Crippen LogP) is 5.24. The second-order valence-corrected chi connectivity index (χ2v) is 11.9. The summed E-state index contributed by atoms with van der Waals surface area (Å²) < 4.78 is 73.4. The van der Waals surface area contributed by atoms with Crippen LogP contribution < -0.4 is 56.8 Å². The molecule has 0 unspecified atom stereocenters. The first-order valence-electron chi connectivity index (χ1n) is 13.0. The van der Waals surface area contributed by atoms with E-state index >= 15 is 0 Å². The molecule has 0 saturated carbocycles. The third-order valence-electron chi connectivity index (χ3n) is 7.64. The largest absolute Gasteiger partial charge is 0.453 e. The van der Waals surface area contributed by atoms with Crippen LogP contribution in [0.4, 0.5) is 0 Å². The highest BCUT2D eigenvalue weighted by atomic mass is 32.2. The molecular weight excluding hydrogens is 624 g/mol. The first-order chi connectivity index (χ1) is 21.2. The van der Waals surface area contributed by atoms with E-state index in [0.29, 0.717) is 91.6 Å². The molecule has 6 aliphatic rings. The van der Waals surface area contributed by atoms with Gasteiger partial charge in [-0.1, -0.05) is 0 Å². The van der Waals surface area contributed by atoms with E-state index in [0.717, 1.165) is 14.7 Å². The molecule has 0 spiro atoms. The molecule has 6 aliphatic heterocycles. The summed E-state index contributed by atoms with van der Waals surface area (Å²) in [5.41, 5.74) is 1.62. The topological polar surface area (TPSA) is 111 Å². The molecule has 3 aromatic carbocycles. The lowest BCUT2D eigenvalue weighted by molar-refractivity contribution is 0.160. The Morgan fingerprint density at radius 2 is 0.512 bits per heavy atom. The zero-order valence-corrected chi connectivity index (χ0v) is 25.3. The number of fused-ring (bicyclic) bond motifs is 6. The molecule has 0 fully saturated rings. The highest BCUT2D eigenvalue weighted by Crippen LogP contribution is 2.68. The normalized spacial score (nSPS) is 17.0. The maximum Gasteiger partial charge on any atom is 0.231 e. The van der Waals surface area contributed by atoms with Crippen molar-refractivity contribution in [1.29, 1.82) is 0 Å². The van der Waals surface area contributed by atoms with Crippen LogP contribution in [0.25, 0.3) is 0 Å². The molecule has 0 N–H and O–H groups in total. The van der Waals surface area contributed by atoms with Crippen molar-refractivity contribution in [1.82, 2.24) is 0 Å². The average molecular weight is 646 g/mol. The van der Waals surface area contributed by atoms with Gasteiger partial charge in [-0.05, 0) is 18.8 Å². The van der Waals surface area contributed by atoms with Gasteiger partial charge in [0, 0.05) is 0 Å². The van der Waals surface area contributed by atoms with Crippen LogP contribution in [0.3, 0.4) is 0 Å². The van der Waals surface area contributed by atoms with Gasteiger partial charge in [0.1, 0.15) is 0 Å². The Labute approximate surface area is 257 Å². The fourth-order valence-electron chi connectivity index (χ4n) is 6.03. The van der Waals surface area contributed by atoms with E-state index in [-0.39, 0.29) is 40.8 Å². The first kappa shape index (κ1) is 25.8. The van der Waals surface area contributed by atoms with E-state index in [1.54, 1.807) is 0 Å². The third kappa shape index (κ3) is 3.38. The molecule has 15 heteroatoms. The SMILES string of the molecule is CSc1c2c(c([C](c3c4c(c(SC)c5c3OCO5)OCO4)c3c4c(c(SC)c5c3OCO5)OCO4)c3c1OCO3)OCO2. The molecule has 43 heavy (non-hydrogen) atoms. The van der Waals surface area contributed by atoms with Crippen LogP contribution in [0.15, 0.2) is 14.7 Å². The minimum atomic E-state index is 0.00770. The smallest absolute Gasteiger partial charge is 0.231 e. The minimum Gasteiger partial charge on any atom is -0.453 e. The lowest BCUT2D eigenvalue weighted by atomic mass is 9.81. The lowest BCUT2D eigenvalue weighted by Gasteiger charge is -2.26. The van der Waals surface area contributed by atoms with Gasteiger partial charge in [0.05, 0.1) is 37.3 Å². The van der Waals surface area contributed by atoms with Crippen LogP contribution in [0.2, 0.25) is 0 Å². The molecule has 0 bridgehead atoms. The quantitative estimate of drug-likeness (QED) is 0.257. The summed E-state index contributed by atoms with van der Waals surface area (Å²) in [5, 5.41) is 0. The van der Waals surface area contributed by atoms with Crippen molar-refractivity contribution in [2.24, 2.45) is 0 Å². The molecule has 0 atom stereocenters. The lowest BCUT2D eigenvalue weighted by Crippen LogP contribution is -2.12. The maximum atomic E-state index is 6.20. The van der Waals surface area contributed by atoms with Crippen molar-refractivity contribution in [2.45, 2.75) is 14.7 Å².